The lowest BCUT2D eigenvalue weighted by Crippen LogP contribution is -2.50. The fourth-order valence-corrected chi connectivity index (χ4v) is 3.54. The highest BCUT2D eigenvalue weighted by Crippen LogP contribution is 2.53. The fourth-order valence-electron chi connectivity index (χ4n) is 3.32. The van der Waals surface area contributed by atoms with Crippen LogP contribution in [0.5, 0.6) is 0 Å². The molecule has 5 heteroatoms. The molecule has 0 bridgehead atoms. The zero-order valence-corrected chi connectivity index (χ0v) is 14.9. The monoisotopic (exact) mass is 332 g/mol. The number of carbonyl (C=O) groups is 2. The third-order valence-corrected chi connectivity index (χ3v) is 5.24. The van der Waals surface area contributed by atoms with Crippen LogP contribution in [0.4, 0.5) is 5.69 Å². The molecule has 0 heterocycles. The van der Waals surface area contributed by atoms with E-state index in [-0.39, 0.29) is 28.9 Å². The molecular weight excluding hydrogens is 308 g/mol. The first-order valence-corrected chi connectivity index (χ1v) is 8.29. The van der Waals surface area contributed by atoms with Gasteiger partial charge in [-0.1, -0.05) is 32.0 Å². The summed E-state index contributed by atoms with van der Waals surface area (Å²) in [6, 6.07) is 7.76. The highest BCUT2D eigenvalue weighted by Gasteiger charge is 2.50. The molecule has 2 atom stereocenters. The molecule has 0 aromatic heterocycles. The largest absolute Gasteiger partial charge is 0.332 e. The van der Waals surface area contributed by atoms with E-state index in [1.165, 1.54) is 0 Å². The first kappa shape index (κ1) is 17.6. The van der Waals surface area contributed by atoms with Crippen molar-refractivity contribution in [1.82, 2.24) is 5.32 Å². The van der Waals surface area contributed by atoms with Crippen molar-refractivity contribution in [2.75, 3.05) is 5.32 Å². The Morgan fingerprint density at radius 3 is 2.52 bits per heavy atom. The Balaban J connectivity index is 1.85. The van der Waals surface area contributed by atoms with Crippen molar-refractivity contribution in [3.63, 3.8) is 0 Å². The number of nitrogens with one attached hydrogen (secondary N) is 2. The summed E-state index contributed by atoms with van der Waals surface area (Å²) in [5.41, 5.74) is 1.83. The van der Waals surface area contributed by atoms with E-state index in [1.807, 2.05) is 31.2 Å². The molecule has 1 aromatic carbocycles. The molecular formula is C18H24N2O2S. The second-order valence-corrected chi connectivity index (χ2v) is 7.35. The first-order valence-electron chi connectivity index (χ1n) is 7.88. The van der Waals surface area contributed by atoms with Crippen molar-refractivity contribution >= 4 is 34.7 Å². The predicted molar refractivity (Wildman–Crippen MR) is 96.2 cm³/mol. The van der Waals surface area contributed by atoms with Crippen LogP contribution in [0.1, 0.15) is 39.2 Å². The Morgan fingerprint density at radius 1 is 1.30 bits per heavy atom. The Kier molecular flexibility index (Phi) is 5.19. The van der Waals surface area contributed by atoms with Gasteiger partial charge in [0.15, 0.2) is 5.11 Å². The van der Waals surface area contributed by atoms with Crippen LogP contribution in [0, 0.1) is 24.2 Å². The minimum absolute atomic E-state index is 0.0670. The molecule has 1 aliphatic rings. The normalized spacial score (nSPS) is 21.9. The summed E-state index contributed by atoms with van der Waals surface area (Å²) in [6.07, 6.45) is 1.18. The van der Waals surface area contributed by atoms with Gasteiger partial charge >= 0.3 is 0 Å². The van der Waals surface area contributed by atoms with Gasteiger partial charge < -0.3 is 10.6 Å². The maximum atomic E-state index is 12.2. The highest BCUT2D eigenvalue weighted by atomic mass is 32.1. The van der Waals surface area contributed by atoms with Crippen LogP contribution in [0.25, 0.3) is 0 Å². The fraction of sp³-hybridized carbons (Fsp3) is 0.500. The van der Waals surface area contributed by atoms with Crippen LogP contribution in [-0.2, 0) is 9.59 Å². The standard InChI is InChI=1S/C18H24N2O2S/c1-11-7-5-6-8-15(11)19-17(23)20-16(22)10-13-9-14(12(2)21)18(13,3)4/h5-8,13-14H,9-10H2,1-4H3,(H2,19,20,22,23). The summed E-state index contributed by atoms with van der Waals surface area (Å²) in [7, 11) is 0. The van der Waals surface area contributed by atoms with E-state index in [1.54, 1.807) is 6.92 Å². The molecule has 124 valence electrons. The smallest absolute Gasteiger partial charge is 0.226 e. The van der Waals surface area contributed by atoms with Gasteiger partial charge in [-0.3, -0.25) is 9.59 Å². The Hall–Kier alpha value is -1.75. The van der Waals surface area contributed by atoms with Crippen LogP contribution in [0.3, 0.4) is 0 Å². The van der Waals surface area contributed by atoms with Gasteiger partial charge in [0.1, 0.15) is 5.78 Å². The number of Topliss-reactive ketones (excluding diaryl/α,β-unsaturated/α-hetero) is 1. The van der Waals surface area contributed by atoms with E-state index in [4.69, 9.17) is 12.2 Å². The highest BCUT2D eigenvalue weighted by molar-refractivity contribution is 7.80. The lowest BCUT2D eigenvalue weighted by Gasteiger charge is -2.51. The molecule has 0 radical (unpaired) electrons. The third-order valence-electron chi connectivity index (χ3n) is 5.04. The minimum atomic E-state index is -0.117. The summed E-state index contributed by atoms with van der Waals surface area (Å²) < 4.78 is 0. The SMILES string of the molecule is CC(=O)C1CC(CC(=O)NC(=S)Nc2ccccc2C)C1(C)C. The number of benzene rings is 1. The van der Waals surface area contributed by atoms with Crippen molar-refractivity contribution in [1.29, 1.82) is 0 Å². The van der Waals surface area contributed by atoms with Crippen LogP contribution < -0.4 is 10.6 Å². The second kappa shape index (κ2) is 6.79. The molecule has 23 heavy (non-hydrogen) atoms. The molecule has 1 aromatic rings. The van der Waals surface area contributed by atoms with Gasteiger partial charge in [0.05, 0.1) is 0 Å². The number of amides is 1. The molecule has 0 spiro atoms. The Morgan fingerprint density at radius 2 is 1.96 bits per heavy atom. The van der Waals surface area contributed by atoms with E-state index in [2.05, 4.69) is 24.5 Å². The number of hydrogen-bond acceptors (Lipinski definition) is 3. The molecule has 0 aliphatic heterocycles. The number of anilines is 1. The Bertz CT molecular complexity index is 640. The van der Waals surface area contributed by atoms with E-state index < -0.39 is 0 Å². The summed E-state index contributed by atoms with van der Waals surface area (Å²) >= 11 is 5.20. The summed E-state index contributed by atoms with van der Waals surface area (Å²) in [5.74, 6) is 0.398. The average Bonchev–Trinajstić information content (AvgIpc) is 2.45. The summed E-state index contributed by atoms with van der Waals surface area (Å²) in [5, 5.41) is 6.09. The van der Waals surface area contributed by atoms with Crippen LogP contribution in [0.15, 0.2) is 24.3 Å². The molecule has 1 saturated carbocycles. The molecule has 1 fully saturated rings. The average molecular weight is 332 g/mol. The lowest BCUT2D eigenvalue weighted by molar-refractivity contribution is -0.140. The van der Waals surface area contributed by atoms with Crippen LogP contribution in [0.2, 0.25) is 0 Å². The van der Waals surface area contributed by atoms with E-state index in [0.717, 1.165) is 17.7 Å². The number of para-hydroxylation sites is 1. The number of rotatable bonds is 4. The summed E-state index contributed by atoms with van der Waals surface area (Å²) in [6.45, 7) is 7.73. The van der Waals surface area contributed by atoms with Crippen molar-refractivity contribution in [2.24, 2.45) is 17.3 Å². The van der Waals surface area contributed by atoms with Gasteiger partial charge in [-0.15, -0.1) is 0 Å². The minimum Gasteiger partial charge on any atom is -0.332 e. The maximum Gasteiger partial charge on any atom is 0.226 e. The first-order chi connectivity index (χ1) is 10.7. The summed E-state index contributed by atoms with van der Waals surface area (Å²) in [4.78, 5) is 23.7. The number of aryl methyl sites for hydroxylation is 1. The maximum absolute atomic E-state index is 12.2. The lowest BCUT2D eigenvalue weighted by atomic mass is 9.52. The van der Waals surface area contributed by atoms with Crippen molar-refractivity contribution in [2.45, 2.75) is 40.5 Å². The quantitative estimate of drug-likeness (QED) is 0.829. The van der Waals surface area contributed by atoms with Gasteiger partial charge in [0, 0.05) is 18.0 Å². The molecule has 2 N–H and O–H groups in total. The molecule has 1 aliphatic carbocycles. The van der Waals surface area contributed by atoms with Gasteiger partial charge in [-0.2, -0.15) is 0 Å². The molecule has 2 rings (SSSR count). The zero-order chi connectivity index (χ0) is 17.2. The van der Waals surface area contributed by atoms with Gasteiger partial charge in [0.25, 0.3) is 0 Å². The topological polar surface area (TPSA) is 58.2 Å². The molecule has 2 unspecified atom stereocenters. The number of thiocarbonyl (C=S) groups is 1. The van der Waals surface area contributed by atoms with Gasteiger partial charge in [0.2, 0.25) is 5.91 Å². The molecule has 0 saturated heterocycles. The molecule has 1 amide bonds. The van der Waals surface area contributed by atoms with E-state index >= 15 is 0 Å². The van der Waals surface area contributed by atoms with Gasteiger partial charge in [-0.25, -0.2) is 0 Å². The van der Waals surface area contributed by atoms with Crippen molar-refractivity contribution in [3.8, 4) is 0 Å². The third kappa shape index (κ3) is 3.96. The van der Waals surface area contributed by atoms with Crippen LogP contribution in [-0.4, -0.2) is 16.8 Å². The number of carbonyl (C=O) groups excluding carboxylic acids is 2. The van der Waals surface area contributed by atoms with Crippen molar-refractivity contribution in [3.05, 3.63) is 29.8 Å². The second-order valence-electron chi connectivity index (χ2n) is 6.94. The number of ketones is 1. The zero-order valence-electron chi connectivity index (χ0n) is 14.1. The molecule has 4 nitrogen and oxygen atoms in total. The number of hydrogen-bond donors (Lipinski definition) is 2. The van der Waals surface area contributed by atoms with Crippen LogP contribution >= 0.6 is 12.2 Å². The Labute approximate surface area is 143 Å². The van der Waals surface area contributed by atoms with E-state index in [9.17, 15) is 9.59 Å². The van der Waals surface area contributed by atoms with E-state index in [0.29, 0.717) is 11.5 Å². The van der Waals surface area contributed by atoms with Crippen molar-refractivity contribution < 1.29 is 9.59 Å². The van der Waals surface area contributed by atoms with Gasteiger partial charge in [-0.05, 0) is 55.4 Å². The predicted octanol–water partition coefficient (Wildman–Crippen LogP) is 3.45.